The zero-order valence-corrected chi connectivity index (χ0v) is 11.9. The first-order valence-corrected chi connectivity index (χ1v) is 7.20. The first-order chi connectivity index (χ1) is 8.49. The summed E-state index contributed by atoms with van der Waals surface area (Å²) in [4.78, 5) is 13.5. The van der Waals surface area contributed by atoms with Gasteiger partial charge in [-0.3, -0.25) is 4.79 Å². The van der Waals surface area contributed by atoms with Crippen molar-refractivity contribution in [3.8, 4) is 0 Å². The minimum Gasteiger partial charge on any atom is -0.369 e. The van der Waals surface area contributed by atoms with Gasteiger partial charge in [0.25, 0.3) is 0 Å². The number of nitrogens with two attached hydrogens (primary N) is 1. The minimum absolute atomic E-state index is 0.0624. The van der Waals surface area contributed by atoms with Crippen LogP contribution in [-0.2, 0) is 4.79 Å². The topological polar surface area (TPSA) is 72.1 Å². The third-order valence-corrected chi connectivity index (χ3v) is 4.71. The molecule has 100 valence electrons. The molecule has 0 bridgehead atoms. The van der Waals surface area contributed by atoms with Crippen LogP contribution < -0.4 is 10.6 Å². The molecule has 1 fully saturated rings. The van der Waals surface area contributed by atoms with E-state index in [1.54, 1.807) is 11.3 Å². The van der Waals surface area contributed by atoms with Gasteiger partial charge < -0.3 is 10.6 Å². The van der Waals surface area contributed by atoms with Crippen LogP contribution >= 0.6 is 11.3 Å². The van der Waals surface area contributed by atoms with Gasteiger partial charge in [-0.05, 0) is 19.8 Å². The van der Waals surface area contributed by atoms with Crippen LogP contribution in [0.2, 0.25) is 0 Å². The van der Waals surface area contributed by atoms with Crippen LogP contribution in [0, 0.1) is 5.92 Å². The number of aromatic nitrogens is 2. The molecule has 1 aliphatic rings. The lowest BCUT2D eigenvalue weighted by atomic mass is 9.93. The highest BCUT2D eigenvalue weighted by Gasteiger charge is 2.30. The first kappa shape index (κ1) is 13.3. The summed E-state index contributed by atoms with van der Waals surface area (Å²) in [6.07, 6.45) is 1.85. The second-order valence-electron chi connectivity index (χ2n) is 5.26. The molecular weight excluding hydrogens is 248 g/mol. The van der Waals surface area contributed by atoms with E-state index in [4.69, 9.17) is 5.73 Å². The Hall–Kier alpha value is -1.17. The Balaban J connectivity index is 2.16. The maximum Gasteiger partial charge on any atom is 0.222 e. The first-order valence-electron chi connectivity index (χ1n) is 6.38. The molecule has 1 aliphatic heterocycles. The molecule has 0 spiro atoms. The Labute approximate surface area is 111 Å². The Bertz CT molecular complexity index is 431. The van der Waals surface area contributed by atoms with Gasteiger partial charge in [0.1, 0.15) is 5.01 Å². The van der Waals surface area contributed by atoms with Crippen molar-refractivity contribution >= 4 is 22.4 Å². The van der Waals surface area contributed by atoms with Gasteiger partial charge in [0.05, 0.1) is 5.92 Å². The van der Waals surface area contributed by atoms with Crippen LogP contribution in [0.15, 0.2) is 0 Å². The molecule has 0 aliphatic carbocycles. The van der Waals surface area contributed by atoms with Crippen molar-refractivity contribution in [1.82, 2.24) is 10.2 Å². The highest BCUT2D eigenvalue weighted by atomic mass is 32.1. The Morgan fingerprint density at radius 1 is 1.44 bits per heavy atom. The molecule has 0 radical (unpaired) electrons. The molecule has 1 aromatic rings. The standard InChI is InChI=1S/C12H20N4OS/c1-7(2)11-14-15-12(18-11)16-6-9(10(13)17)5-4-8(16)3/h7-9H,4-6H2,1-3H3,(H2,13,17)/t8-,9+/m1/s1. The van der Waals surface area contributed by atoms with Gasteiger partial charge in [-0.2, -0.15) is 0 Å². The normalized spacial score (nSPS) is 24.6. The number of amides is 1. The fraction of sp³-hybridized carbons (Fsp3) is 0.750. The number of carbonyl (C=O) groups excluding carboxylic acids is 1. The molecule has 1 amide bonds. The van der Waals surface area contributed by atoms with Gasteiger partial charge in [0.2, 0.25) is 11.0 Å². The zero-order chi connectivity index (χ0) is 13.3. The molecule has 1 saturated heterocycles. The van der Waals surface area contributed by atoms with E-state index in [0.717, 1.165) is 23.0 Å². The molecule has 5 nitrogen and oxygen atoms in total. The molecule has 2 rings (SSSR count). The van der Waals surface area contributed by atoms with Crippen molar-refractivity contribution in [2.45, 2.75) is 45.6 Å². The highest BCUT2D eigenvalue weighted by Crippen LogP contribution is 2.31. The highest BCUT2D eigenvalue weighted by molar-refractivity contribution is 7.15. The number of hydrogen-bond acceptors (Lipinski definition) is 5. The number of rotatable bonds is 3. The lowest BCUT2D eigenvalue weighted by Gasteiger charge is -2.36. The molecule has 2 heterocycles. The summed E-state index contributed by atoms with van der Waals surface area (Å²) in [6, 6.07) is 0.397. The predicted molar refractivity (Wildman–Crippen MR) is 72.7 cm³/mol. The van der Waals surface area contributed by atoms with Crippen molar-refractivity contribution in [1.29, 1.82) is 0 Å². The quantitative estimate of drug-likeness (QED) is 0.906. The van der Waals surface area contributed by atoms with Crippen LogP contribution in [0.3, 0.4) is 0 Å². The number of anilines is 1. The number of nitrogens with zero attached hydrogens (tertiary/aromatic N) is 3. The fourth-order valence-corrected chi connectivity index (χ4v) is 3.14. The van der Waals surface area contributed by atoms with Gasteiger partial charge in [-0.1, -0.05) is 25.2 Å². The molecule has 0 saturated carbocycles. The third kappa shape index (κ3) is 2.63. The smallest absolute Gasteiger partial charge is 0.222 e. The molecule has 0 aromatic carbocycles. The Morgan fingerprint density at radius 3 is 2.72 bits per heavy atom. The van der Waals surface area contributed by atoms with E-state index in [1.807, 2.05) is 0 Å². The van der Waals surface area contributed by atoms with Crippen molar-refractivity contribution in [2.24, 2.45) is 11.7 Å². The van der Waals surface area contributed by atoms with E-state index in [9.17, 15) is 4.79 Å². The van der Waals surface area contributed by atoms with Crippen LogP contribution in [0.5, 0.6) is 0 Å². The summed E-state index contributed by atoms with van der Waals surface area (Å²) in [7, 11) is 0. The largest absolute Gasteiger partial charge is 0.369 e. The lowest BCUT2D eigenvalue weighted by molar-refractivity contribution is -0.122. The molecule has 6 heteroatoms. The van der Waals surface area contributed by atoms with E-state index in [2.05, 4.69) is 35.9 Å². The van der Waals surface area contributed by atoms with Crippen LogP contribution in [0.25, 0.3) is 0 Å². The van der Waals surface area contributed by atoms with E-state index in [-0.39, 0.29) is 11.8 Å². The van der Waals surface area contributed by atoms with E-state index in [1.165, 1.54) is 0 Å². The van der Waals surface area contributed by atoms with Crippen LogP contribution in [0.4, 0.5) is 5.13 Å². The molecule has 0 unspecified atom stereocenters. The molecule has 18 heavy (non-hydrogen) atoms. The Kier molecular flexibility index (Phi) is 3.85. The summed E-state index contributed by atoms with van der Waals surface area (Å²) in [5.74, 6) is 0.122. The van der Waals surface area contributed by atoms with Gasteiger partial charge in [-0.15, -0.1) is 10.2 Å². The number of primary amides is 1. The second kappa shape index (κ2) is 5.22. The summed E-state index contributed by atoms with van der Waals surface area (Å²) >= 11 is 1.62. The zero-order valence-electron chi connectivity index (χ0n) is 11.1. The van der Waals surface area contributed by atoms with Gasteiger partial charge in [0.15, 0.2) is 0 Å². The van der Waals surface area contributed by atoms with Gasteiger partial charge >= 0.3 is 0 Å². The monoisotopic (exact) mass is 268 g/mol. The predicted octanol–water partition coefficient (Wildman–Crippen LogP) is 1.75. The van der Waals surface area contributed by atoms with Crippen molar-refractivity contribution in [2.75, 3.05) is 11.4 Å². The average Bonchev–Trinajstić information content (AvgIpc) is 2.78. The number of hydrogen-bond donors (Lipinski definition) is 1. The van der Waals surface area contributed by atoms with Crippen LogP contribution in [-0.4, -0.2) is 28.7 Å². The van der Waals surface area contributed by atoms with Gasteiger partial charge in [0, 0.05) is 18.5 Å². The third-order valence-electron chi connectivity index (χ3n) is 3.45. The summed E-state index contributed by atoms with van der Waals surface area (Å²) in [5.41, 5.74) is 5.41. The molecule has 1 aromatic heterocycles. The van der Waals surface area contributed by atoms with E-state index < -0.39 is 0 Å². The SMILES string of the molecule is CC(C)c1nnc(N2C[C@@H](C(N)=O)CC[C@H]2C)s1. The van der Waals surface area contributed by atoms with Crippen molar-refractivity contribution < 1.29 is 4.79 Å². The number of piperidine rings is 1. The van der Waals surface area contributed by atoms with E-state index >= 15 is 0 Å². The summed E-state index contributed by atoms with van der Waals surface area (Å²) in [6.45, 7) is 7.04. The minimum atomic E-state index is -0.208. The van der Waals surface area contributed by atoms with E-state index in [0.29, 0.717) is 18.5 Å². The van der Waals surface area contributed by atoms with Crippen molar-refractivity contribution in [3.05, 3.63) is 5.01 Å². The van der Waals surface area contributed by atoms with Crippen molar-refractivity contribution in [3.63, 3.8) is 0 Å². The molecule has 2 atom stereocenters. The van der Waals surface area contributed by atoms with Crippen LogP contribution in [0.1, 0.15) is 44.5 Å². The maximum absolute atomic E-state index is 11.3. The number of carbonyl (C=O) groups is 1. The lowest BCUT2D eigenvalue weighted by Crippen LogP contribution is -2.45. The maximum atomic E-state index is 11.3. The summed E-state index contributed by atoms with van der Waals surface area (Å²) in [5, 5.41) is 10.4. The average molecular weight is 268 g/mol. The Morgan fingerprint density at radius 2 is 2.17 bits per heavy atom. The molecule has 2 N–H and O–H groups in total. The van der Waals surface area contributed by atoms with Gasteiger partial charge in [-0.25, -0.2) is 0 Å². The fourth-order valence-electron chi connectivity index (χ4n) is 2.18. The second-order valence-corrected chi connectivity index (χ2v) is 6.24. The molecular formula is C12H20N4OS. The summed E-state index contributed by atoms with van der Waals surface area (Å²) < 4.78 is 0.